The fourth-order valence-corrected chi connectivity index (χ4v) is 4.90. The zero-order valence-corrected chi connectivity index (χ0v) is 22.8. The second-order valence-corrected chi connectivity index (χ2v) is 11.0. The van der Waals surface area contributed by atoms with Crippen molar-refractivity contribution in [1.82, 2.24) is 10.2 Å². The number of hydrogen-bond acceptors (Lipinski definition) is 5. The number of nitrogens with zero attached hydrogens (tertiary/aromatic N) is 2. The standard InChI is InChI=1S/C28H35N3O5S/c1-6-20(2)29-28(33)21(3)30(18-22-11-9-14-24(17-22)36-4)27(32)19-31(37(5,34)35)26-16-10-13-23-12-7-8-15-25(23)26/h7-17,20-21H,6,18-19H2,1-5H3,(H,29,33)/t20-,21-/m1/s1. The van der Waals surface area contributed by atoms with Gasteiger partial charge in [0.2, 0.25) is 21.8 Å². The van der Waals surface area contributed by atoms with Crippen LogP contribution < -0.4 is 14.4 Å². The van der Waals surface area contributed by atoms with Gasteiger partial charge in [-0.05, 0) is 49.4 Å². The first kappa shape index (κ1) is 28.0. The molecule has 3 aromatic carbocycles. The summed E-state index contributed by atoms with van der Waals surface area (Å²) in [6.07, 6.45) is 1.82. The Morgan fingerprint density at radius 2 is 1.68 bits per heavy atom. The molecule has 0 unspecified atom stereocenters. The summed E-state index contributed by atoms with van der Waals surface area (Å²) < 4.78 is 32.3. The van der Waals surface area contributed by atoms with Gasteiger partial charge in [0, 0.05) is 18.0 Å². The van der Waals surface area contributed by atoms with Crippen LogP contribution in [0.15, 0.2) is 66.7 Å². The number of carbonyl (C=O) groups is 2. The fraction of sp³-hybridized carbons (Fsp3) is 0.357. The Kier molecular flexibility index (Phi) is 9.15. The van der Waals surface area contributed by atoms with E-state index in [2.05, 4.69) is 5.32 Å². The smallest absolute Gasteiger partial charge is 0.244 e. The van der Waals surface area contributed by atoms with Crippen molar-refractivity contribution < 1.29 is 22.7 Å². The van der Waals surface area contributed by atoms with Crippen LogP contribution in [0.4, 0.5) is 5.69 Å². The molecule has 198 valence electrons. The van der Waals surface area contributed by atoms with Crippen LogP contribution in [0, 0.1) is 0 Å². The van der Waals surface area contributed by atoms with Crippen molar-refractivity contribution in [3.8, 4) is 5.75 Å². The fourth-order valence-electron chi connectivity index (χ4n) is 4.04. The maximum absolute atomic E-state index is 13.8. The van der Waals surface area contributed by atoms with Crippen molar-refractivity contribution in [3.63, 3.8) is 0 Å². The topological polar surface area (TPSA) is 96.0 Å². The summed E-state index contributed by atoms with van der Waals surface area (Å²) in [7, 11) is -2.27. The van der Waals surface area contributed by atoms with Crippen molar-refractivity contribution in [1.29, 1.82) is 0 Å². The Labute approximate surface area is 219 Å². The van der Waals surface area contributed by atoms with Crippen LogP contribution in [0.2, 0.25) is 0 Å². The summed E-state index contributed by atoms with van der Waals surface area (Å²) in [5.74, 6) is -0.176. The van der Waals surface area contributed by atoms with Crippen molar-refractivity contribution in [2.24, 2.45) is 0 Å². The van der Waals surface area contributed by atoms with E-state index >= 15 is 0 Å². The second-order valence-electron chi connectivity index (χ2n) is 9.13. The van der Waals surface area contributed by atoms with Crippen molar-refractivity contribution in [2.45, 2.75) is 45.8 Å². The van der Waals surface area contributed by atoms with Gasteiger partial charge in [0.1, 0.15) is 18.3 Å². The summed E-state index contributed by atoms with van der Waals surface area (Å²) in [6, 6.07) is 19.1. The summed E-state index contributed by atoms with van der Waals surface area (Å²) in [5.41, 5.74) is 1.17. The van der Waals surface area contributed by atoms with Crippen LogP contribution in [-0.2, 0) is 26.2 Å². The van der Waals surface area contributed by atoms with Gasteiger partial charge in [0.15, 0.2) is 0 Å². The van der Waals surface area contributed by atoms with E-state index in [-0.39, 0.29) is 18.5 Å². The highest BCUT2D eigenvalue weighted by atomic mass is 32.2. The molecule has 1 N–H and O–H groups in total. The summed E-state index contributed by atoms with van der Waals surface area (Å²) in [6.45, 7) is 5.17. The number of ether oxygens (including phenoxy) is 1. The Morgan fingerprint density at radius 1 is 1.00 bits per heavy atom. The quantitative estimate of drug-likeness (QED) is 0.409. The van der Waals surface area contributed by atoms with Gasteiger partial charge in [0.25, 0.3) is 0 Å². The molecule has 0 spiro atoms. The summed E-state index contributed by atoms with van der Waals surface area (Å²) in [4.78, 5) is 28.2. The molecule has 2 amide bonds. The number of fused-ring (bicyclic) bond motifs is 1. The molecule has 0 aliphatic carbocycles. The molecular formula is C28H35N3O5S. The maximum atomic E-state index is 13.8. The van der Waals surface area contributed by atoms with Crippen LogP contribution in [0.3, 0.4) is 0 Å². The highest BCUT2D eigenvalue weighted by Crippen LogP contribution is 2.29. The van der Waals surface area contributed by atoms with Gasteiger partial charge in [0.05, 0.1) is 19.1 Å². The number of nitrogens with one attached hydrogen (secondary N) is 1. The predicted octanol–water partition coefficient (Wildman–Crippen LogP) is 3.95. The Balaban J connectivity index is 1.99. The third-order valence-corrected chi connectivity index (χ3v) is 7.50. The molecular weight excluding hydrogens is 490 g/mol. The van der Waals surface area contributed by atoms with Crippen molar-refractivity contribution in [2.75, 3.05) is 24.2 Å². The number of benzene rings is 3. The van der Waals surface area contributed by atoms with E-state index in [0.29, 0.717) is 16.8 Å². The molecule has 3 rings (SSSR count). The molecule has 3 aromatic rings. The molecule has 8 nitrogen and oxygen atoms in total. The van der Waals surface area contributed by atoms with E-state index in [4.69, 9.17) is 4.74 Å². The number of methoxy groups -OCH3 is 1. The lowest BCUT2D eigenvalue weighted by atomic mass is 10.1. The zero-order chi connectivity index (χ0) is 27.2. The van der Waals surface area contributed by atoms with Crippen molar-refractivity contribution in [3.05, 3.63) is 72.3 Å². The summed E-state index contributed by atoms with van der Waals surface area (Å²) >= 11 is 0. The molecule has 37 heavy (non-hydrogen) atoms. The minimum atomic E-state index is -3.83. The number of sulfonamides is 1. The number of anilines is 1. The van der Waals surface area contributed by atoms with E-state index in [9.17, 15) is 18.0 Å². The van der Waals surface area contributed by atoms with Gasteiger partial charge in [-0.25, -0.2) is 8.42 Å². The average molecular weight is 526 g/mol. The molecule has 0 saturated carbocycles. The summed E-state index contributed by atoms with van der Waals surface area (Å²) in [5, 5.41) is 4.49. The lowest BCUT2D eigenvalue weighted by Gasteiger charge is -2.32. The van der Waals surface area contributed by atoms with E-state index in [1.165, 1.54) is 4.90 Å². The predicted molar refractivity (Wildman–Crippen MR) is 147 cm³/mol. The minimum absolute atomic E-state index is 0.0630. The Morgan fingerprint density at radius 3 is 2.35 bits per heavy atom. The van der Waals surface area contributed by atoms with Crippen molar-refractivity contribution >= 4 is 38.3 Å². The molecule has 0 aliphatic rings. The van der Waals surface area contributed by atoms with Crippen LogP contribution in [0.25, 0.3) is 10.8 Å². The molecule has 0 saturated heterocycles. The molecule has 2 atom stereocenters. The normalized spacial score (nSPS) is 13.0. The monoisotopic (exact) mass is 525 g/mol. The molecule has 0 aliphatic heterocycles. The van der Waals surface area contributed by atoms with E-state index < -0.39 is 28.5 Å². The number of hydrogen-bond donors (Lipinski definition) is 1. The molecule has 0 heterocycles. The first-order valence-electron chi connectivity index (χ1n) is 12.2. The number of rotatable bonds is 11. The maximum Gasteiger partial charge on any atom is 0.244 e. The van der Waals surface area contributed by atoms with Crippen LogP contribution in [-0.4, -0.2) is 57.1 Å². The molecule has 0 radical (unpaired) electrons. The first-order valence-corrected chi connectivity index (χ1v) is 14.1. The second kappa shape index (κ2) is 12.1. The average Bonchev–Trinajstić information content (AvgIpc) is 2.88. The van der Waals surface area contributed by atoms with Gasteiger partial charge in [-0.3, -0.25) is 13.9 Å². The molecule has 0 bridgehead atoms. The third-order valence-electron chi connectivity index (χ3n) is 6.37. The van der Waals surface area contributed by atoms with Gasteiger partial charge in [-0.1, -0.05) is 55.5 Å². The minimum Gasteiger partial charge on any atom is -0.497 e. The van der Waals surface area contributed by atoms with Gasteiger partial charge < -0.3 is 15.0 Å². The Hall–Kier alpha value is -3.59. The highest BCUT2D eigenvalue weighted by Gasteiger charge is 2.31. The zero-order valence-electron chi connectivity index (χ0n) is 22.0. The lowest BCUT2D eigenvalue weighted by molar-refractivity contribution is -0.139. The highest BCUT2D eigenvalue weighted by molar-refractivity contribution is 7.92. The lowest BCUT2D eigenvalue weighted by Crippen LogP contribution is -2.52. The SMILES string of the molecule is CC[C@@H](C)NC(=O)[C@@H](C)N(Cc1cccc(OC)c1)C(=O)CN(c1cccc2ccccc12)S(C)(=O)=O. The molecule has 9 heteroatoms. The van der Waals surface area contributed by atoms with E-state index in [1.54, 1.807) is 44.4 Å². The van der Waals surface area contributed by atoms with E-state index in [1.807, 2.05) is 50.2 Å². The van der Waals surface area contributed by atoms with Crippen LogP contribution in [0.1, 0.15) is 32.8 Å². The van der Waals surface area contributed by atoms with Gasteiger partial charge in [-0.15, -0.1) is 0 Å². The van der Waals surface area contributed by atoms with Crippen LogP contribution >= 0.6 is 0 Å². The number of carbonyl (C=O) groups excluding carboxylic acids is 2. The largest absolute Gasteiger partial charge is 0.497 e. The molecule has 0 aromatic heterocycles. The van der Waals surface area contributed by atoms with E-state index in [0.717, 1.165) is 27.9 Å². The number of amides is 2. The van der Waals surface area contributed by atoms with Crippen LogP contribution in [0.5, 0.6) is 5.75 Å². The molecule has 0 fully saturated rings. The van der Waals surface area contributed by atoms with Gasteiger partial charge >= 0.3 is 0 Å². The third kappa shape index (κ3) is 7.01. The van der Waals surface area contributed by atoms with Gasteiger partial charge in [-0.2, -0.15) is 0 Å². The Bertz CT molecular complexity index is 1350. The first-order chi connectivity index (χ1) is 17.5.